The van der Waals surface area contributed by atoms with Crippen LogP contribution in [0.5, 0.6) is 0 Å². The molecular weight excluding hydrogens is 364 g/mol. The molecule has 0 aliphatic heterocycles. The maximum absolute atomic E-state index is 8.57. The van der Waals surface area contributed by atoms with Crippen LogP contribution in [0.2, 0.25) is 0 Å². The lowest BCUT2D eigenvalue weighted by Crippen LogP contribution is -2.08. The molecule has 1 aromatic carbocycles. The predicted octanol–water partition coefficient (Wildman–Crippen LogP) is 6.50. The second-order valence-electron chi connectivity index (χ2n) is 6.43. The summed E-state index contributed by atoms with van der Waals surface area (Å²) >= 11 is 1.71. The highest BCUT2D eigenvalue weighted by molar-refractivity contribution is 8.08. The lowest BCUT2D eigenvalue weighted by atomic mass is 9.99. The fraction of sp³-hybridized carbons (Fsp3) is 0.348. The maximum atomic E-state index is 8.57. The first-order chi connectivity index (χ1) is 13.4. The van der Waals surface area contributed by atoms with Crippen molar-refractivity contribution in [2.75, 3.05) is 11.5 Å². The number of allylic oxidation sites excluding steroid dienone is 4. The quantitative estimate of drug-likeness (QED) is 0.350. The standard InChI is InChI=1S/C23H32N4S/c1-7-10-16(4)14-27-15-18(8-2)22(25)20-12-11-19(13-21(20)24)23(28-9-3)17(5)26-6/h8,11-15,25H,6-7,9-10,24H2,1-5H3/b16-14+,18-8+,23-17-,25-22?,27-15+. The average Bonchev–Trinajstić information content (AvgIpc) is 2.68. The highest BCUT2D eigenvalue weighted by Crippen LogP contribution is 2.33. The van der Waals surface area contributed by atoms with Crippen molar-refractivity contribution in [3.05, 3.63) is 58.4 Å². The van der Waals surface area contributed by atoms with E-state index in [1.807, 2.05) is 44.3 Å². The van der Waals surface area contributed by atoms with Crippen molar-refractivity contribution >= 4 is 41.0 Å². The molecule has 1 rings (SSSR count). The molecule has 150 valence electrons. The minimum atomic E-state index is 0.365. The number of benzene rings is 1. The zero-order chi connectivity index (χ0) is 21.1. The topological polar surface area (TPSA) is 74.6 Å². The number of nitrogens with one attached hydrogen (secondary N) is 1. The molecule has 0 heterocycles. The highest BCUT2D eigenvalue weighted by atomic mass is 32.2. The number of nitrogen functional groups attached to an aromatic ring is 1. The van der Waals surface area contributed by atoms with Gasteiger partial charge in [-0.25, -0.2) is 0 Å². The third-order valence-corrected chi connectivity index (χ3v) is 5.30. The van der Waals surface area contributed by atoms with Crippen molar-refractivity contribution in [1.82, 2.24) is 0 Å². The lowest BCUT2D eigenvalue weighted by Gasteiger charge is -2.13. The van der Waals surface area contributed by atoms with Gasteiger partial charge >= 0.3 is 0 Å². The van der Waals surface area contributed by atoms with Crippen LogP contribution in [-0.4, -0.2) is 24.4 Å². The second kappa shape index (κ2) is 12.1. The Morgan fingerprint density at radius 3 is 2.54 bits per heavy atom. The van der Waals surface area contributed by atoms with Gasteiger partial charge in [-0.2, -0.15) is 0 Å². The van der Waals surface area contributed by atoms with Gasteiger partial charge in [0.05, 0.1) is 11.4 Å². The molecule has 0 radical (unpaired) electrons. The molecule has 0 atom stereocenters. The van der Waals surface area contributed by atoms with E-state index in [4.69, 9.17) is 11.1 Å². The van der Waals surface area contributed by atoms with E-state index < -0.39 is 0 Å². The molecule has 3 N–H and O–H groups in total. The summed E-state index contributed by atoms with van der Waals surface area (Å²) in [6, 6.07) is 5.80. The smallest absolute Gasteiger partial charge is 0.0717 e. The predicted molar refractivity (Wildman–Crippen MR) is 129 cm³/mol. The van der Waals surface area contributed by atoms with Crippen molar-refractivity contribution in [1.29, 1.82) is 5.41 Å². The van der Waals surface area contributed by atoms with E-state index in [0.717, 1.165) is 40.3 Å². The van der Waals surface area contributed by atoms with Gasteiger partial charge in [0.2, 0.25) is 0 Å². The summed E-state index contributed by atoms with van der Waals surface area (Å²) in [4.78, 5) is 9.50. The van der Waals surface area contributed by atoms with E-state index in [2.05, 4.69) is 37.5 Å². The average molecular weight is 397 g/mol. The molecule has 0 bridgehead atoms. The van der Waals surface area contributed by atoms with E-state index in [9.17, 15) is 0 Å². The first kappa shape index (κ1) is 23.6. The molecule has 0 aromatic heterocycles. The van der Waals surface area contributed by atoms with Crippen LogP contribution in [0.25, 0.3) is 4.91 Å². The first-order valence-electron chi connectivity index (χ1n) is 9.54. The Morgan fingerprint density at radius 2 is 2.00 bits per heavy atom. The Balaban J connectivity index is 3.17. The van der Waals surface area contributed by atoms with Gasteiger partial charge in [-0.1, -0.05) is 44.1 Å². The van der Waals surface area contributed by atoms with Gasteiger partial charge in [0.15, 0.2) is 0 Å². The van der Waals surface area contributed by atoms with Gasteiger partial charge in [-0.3, -0.25) is 15.4 Å². The van der Waals surface area contributed by atoms with Crippen LogP contribution in [0.15, 0.2) is 57.3 Å². The molecule has 0 amide bonds. The summed E-state index contributed by atoms with van der Waals surface area (Å²) in [6.07, 6.45) is 7.58. The summed E-state index contributed by atoms with van der Waals surface area (Å²) < 4.78 is 0. The van der Waals surface area contributed by atoms with Gasteiger partial charge in [0.1, 0.15) is 0 Å². The third-order valence-electron chi connectivity index (χ3n) is 4.19. The van der Waals surface area contributed by atoms with Crippen molar-refractivity contribution in [3.63, 3.8) is 0 Å². The molecule has 5 heteroatoms. The van der Waals surface area contributed by atoms with E-state index in [1.165, 1.54) is 5.57 Å². The zero-order valence-corrected chi connectivity index (χ0v) is 18.5. The SMILES string of the molecule is C=N/C(C)=C(\SCC)c1ccc(C(=N)C(/C=N/C=C(\C)CCC)=C/C)c(N)c1. The molecule has 0 saturated carbocycles. The number of hydrogen-bond acceptors (Lipinski definition) is 5. The Bertz CT molecular complexity index is 829. The summed E-state index contributed by atoms with van der Waals surface area (Å²) in [6.45, 7) is 13.8. The number of aliphatic imine (C=N–C) groups is 2. The van der Waals surface area contributed by atoms with Gasteiger partial charge in [-0.05, 0) is 51.3 Å². The van der Waals surface area contributed by atoms with Crippen LogP contribution in [0.1, 0.15) is 58.6 Å². The van der Waals surface area contributed by atoms with E-state index in [0.29, 0.717) is 17.0 Å². The molecule has 0 saturated heterocycles. The Hall–Kier alpha value is -2.40. The largest absolute Gasteiger partial charge is 0.398 e. The Morgan fingerprint density at radius 1 is 1.29 bits per heavy atom. The van der Waals surface area contributed by atoms with E-state index in [1.54, 1.807) is 18.0 Å². The lowest BCUT2D eigenvalue weighted by molar-refractivity contribution is 0.902. The normalized spacial score (nSPS) is 13.6. The van der Waals surface area contributed by atoms with Gasteiger partial charge in [0, 0.05) is 34.1 Å². The molecule has 0 aliphatic carbocycles. The van der Waals surface area contributed by atoms with Crippen LogP contribution >= 0.6 is 11.8 Å². The fourth-order valence-corrected chi connectivity index (χ4v) is 3.54. The van der Waals surface area contributed by atoms with Crippen LogP contribution in [0, 0.1) is 5.41 Å². The molecule has 0 spiro atoms. The zero-order valence-electron chi connectivity index (χ0n) is 17.7. The first-order valence-corrected chi connectivity index (χ1v) is 10.5. The van der Waals surface area contributed by atoms with Crippen molar-refractivity contribution in [3.8, 4) is 0 Å². The number of hydrogen-bond donors (Lipinski definition) is 2. The monoisotopic (exact) mass is 396 g/mol. The van der Waals surface area contributed by atoms with Gasteiger partial charge < -0.3 is 5.73 Å². The third kappa shape index (κ3) is 6.64. The van der Waals surface area contributed by atoms with Crippen molar-refractivity contribution in [2.24, 2.45) is 9.98 Å². The summed E-state index contributed by atoms with van der Waals surface area (Å²) in [5, 5.41) is 8.57. The van der Waals surface area contributed by atoms with Crippen molar-refractivity contribution < 1.29 is 0 Å². The van der Waals surface area contributed by atoms with E-state index >= 15 is 0 Å². The Kier molecular flexibility index (Phi) is 10.2. The summed E-state index contributed by atoms with van der Waals surface area (Å²) in [7, 11) is 0. The summed E-state index contributed by atoms with van der Waals surface area (Å²) in [5.74, 6) is 0.934. The number of anilines is 1. The molecule has 0 unspecified atom stereocenters. The summed E-state index contributed by atoms with van der Waals surface area (Å²) in [5.41, 5.74) is 11.8. The maximum Gasteiger partial charge on any atom is 0.0717 e. The number of thioether (sulfide) groups is 1. The molecular formula is C23H32N4S. The molecule has 0 fully saturated rings. The fourth-order valence-electron chi connectivity index (χ4n) is 2.69. The van der Waals surface area contributed by atoms with Crippen LogP contribution in [0.3, 0.4) is 0 Å². The highest BCUT2D eigenvalue weighted by Gasteiger charge is 2.12. The van der Waals surface area contributed by atoms with Crippen LogP contribution in [-0.2, 0) is 0 Å². The van der Waals surface area contributed by atoms with Crippen molar-refractivity contribution in [2.45, 2.75) is 47.5 Å². The number of nitrogens with zero attached hydrogens (tertiary/aromatic N) is 2. The van der Waals surface area contributed by atoms with Crippen LogP contribution < -0.4 is 5.73 Å². The minimum Gasteiger partial charge on any atom is -0.398 e. The molecule has 28 heavy (non-hydrogen) atoms. The molecule has 4 nitrogen and oxygen atoms in total. The second-order valence-corrected chi connectivity index (χ2v) is 7.70. The van der Waals surface area contributed by atoms with Gasteiger partial charge in [-0.15, -0.1) is 11.8 Å². The van der Waals surface area contributed by atoms with E-state index in [-0.39, 0.29) is 0 Å². The van der Waals surface area contributed by atoms with Gasteiger partial charge in [0.25, 0.3) is 0 Å². The Labute approximate surface area is 174 Å². The number of nitrogens with two attached hydrogens (primary N) is 1. The van der Waals surface area contributed by atoms with Crippen LogP contribution in [0.4, 0.5) is 5.69 Å². The molecule has 1 aromatic rings. The molecule has 0 aliphatic rings. The number of rotatable bonds is 10. The minimum absolute atomic E-state index is 0.365.